The molecular formula is C12H22N4O. The Balaban J connectivity index is 3.02. The van der Waals surface area contributed by atoms with E-state index in [1.165, 1.54) is 11.1 Å². The zero-order chi connectivity index (χ0) is 13.0. The van der Waals surface area contributed by atoms with Crippen molar-refractivity contribution in [3.05, 3.63) is 11.9 Å². The molecule has 0 aliphatic carbocycles. The van der Waals surface area contributed by atoms with Gasteiger partial charge in [-0.2, -0.15) is 0 Å². The molecule has 1 fully saturated rings. The van der Waals surface area contributed by atoms with Crippen LogP contribution in [0.4, 0.5) is 0 Å². The summed E-state index contributed by atoms with van der Waals surface area (Å²) in [5.74, 6) is 0.370. The van der Waals surface area contributed by atoms with E-state index in [-0.39, 0.29) is 5.91 Å². The summed E-state index contributed by atoms with van der Waals surface area (Å²) < 4.78 is 0. The van der Waals surface area contributed by atoms with Crippen molar-refractivity contribution in [2.75, 3.05) is 13.6 Å². The predicted molar refractivity (Wildman–Crippen MR) is 68.5 cm³/mol. The number of carbonyl (C=O) groups is 1. The lowest BCUT2D eigenvalue weighted by atomic mass is 10.1. The molecule has 1 saturated heterocycles. The Bertz CT molecular complexity index is 333. The second-order valence-electron chi connectivity index (χ2n) is 4.27. The largest absolute Gasteiger partial charge is 0.403 e. The van der Waals surface area contributed by atoms with Crippen molar-refractivity contribution in [1.82, 2.24) is 9.80 Å². The molecule has 0 aromatic heterocycles. The molecular weight excluding hydrogens is 216 g/mol. The molecule has 5 nitrogen and oxygen atoms in total. The minimum atomic E-state index is 0.0138. The van der Waals surface area contributed by atoms with Crippen molar-refractivity contribution in [2.45, 2.75) is 39.2 Å². The number of nitrogens with one attached hydrogen (secondary N) is 1. The summed E-state index contributed by atoms with van der Waals surface area (Å²) in [7, 11) is 1.67. The topological polar surface area (TPSA) is 73.4 Å². The molecule has 5 heteroatoms. The van der Waals surface area contributed by atoms with Crippen molar-refractivity contribution < 1.29 is 4.79 Å². The minimum absolute atomic E-state index is 0.0138. The molecule has 3 N–H and O–H groups in total. The lowest BCUT2D eigenvalue weighted by molar-refractivity contribution is -0.127. The molecule has 17 heavy (non-hydrogen) atoms. The molecule has 1 rings (SSSR count). The number of hydrogen-bond acceptors (Lipinski definition) is 3. The Morgan fingerprint density at radius 1 is 1.47 bits per heavy atom. The lowest BCUT2D eigenvalue weighted by Crippen LogP contribution is -2.41. The van der Waals surface area contributed by atoms with E-state index in [0.717, 1.165) is 12.8 Å². The maximum absolute atomic E-state index is 11.8. The van der Waals surface area contributed by atoms with Gasteiger partial charge in [0.2, 0.25) is 5.91 Å². The Morgan fingerprint density at radius 2 is 2.06 bits per heavy atom. The summed E-state index contributed by atoms with van der Waals surface area (Å²) in [6.07, 6.45) is 3.72. The van der Waals surface area contributed by atoms with Crippen LogP contribution in [-0.4, -0.2) is 41.2 Å². The summed E-state index contributed by atoms with van der Waals surface area (Å²) in [6, 6.07) is 0.303. The highest BCUT2D eigenvalue weighted by Gasteiger charge is 2.29. The molecule has 0 atom stereocenters. The van der Waals surface area contributed by atoms with Gasteiger partial charge in [0.05, 0.1) is 0 Å². The molecule has 0 unspecified atom stereocenters. The lowest BCUT2D eigenvalue weighted by Gasteiger charge is -2.31. The van der Waals surface area contributed by atoms with Gasteiger partial charge in [-0.15, -0.1) is 0 Å². The normalized spacial score (nSPS) is 20.4. The second kappa shape index (κ2) is 5.70. The quantitative estimate of drug-likeness (QED) is 0.773. The van der Waals surface area contributed by atoms with Gasteiger partial charge in [-0.3, -0.25) is 10.2 Å². The molecule has 0 saturated carbocycles. The third kappa shape index (κ3) is 2.60. The number of nitrogens with zero attached hydrogens (tertiary/aromatic N) is 2. The van der Waals surface area contributed by atoms with Crippen molar-refractivity contribution >= 4 is 11.7 Å². The van der Waals surface area contributed by atoms with Crippen LogP contribution in [0.2, 0.25) is 0 Å². The first-order chi connectivity index (χ1) is 8.06. The van der Waals surface area contributed by atoms with Gasteiger partial charge >= 0.3 is 0 Å². The highest BCUT2D eigenvalue weighted by atomic mass is 16.2. The third-order valence-corrected chi connectivity index (χ3v) is 3.37. The minimum Gasteiger partial charge on any atom is -0.403 e. The van der Waals surface area contributed by atoms with Crippen molar-refractivity contribution in [2.24, 2.45) is 5.73 Å². The first kappa shape index (κ1) is 13.5. The summed E-state index contributed by atoms with van der Waals surface area (Å²) in [4.78, 5) is 15.2. The van der Waals surface area contributed by atoms with Gasteiger partial charge in [-0.25, -0.2) is 0 Å². The zero-order valence-corrected chi connectivity index (χ0v) is 10.9. The van der Waals surface area contributed by atoms with Crippen molar-refractivity contribution in [3.63, 3.8) is 0 Å². The van der Waals surface area contributed by atoms with Crippen LogP contribution in [0.15, 0.2) is 11.9 Å². The van der Waals surface area contributed by atoms with Crippen LogP contribution in [0.25, 0.3) is 0 Å². The average Bonchev–Trinajstić information content (AvgIpc) is 2.43. The Morgan fingerprint density at radius 3 is 2.53 bits per heavy atom. The van der Waals surface area contributed by atoms with E-state index in [2.05, 4.69) is 13.8 Å². The second-order valence-corrected chi connectivity index (χ2v) is 4.27. The van der Waals surface area contributed by atoms with Crippen LogP contribution in [-0.2, 0) is 4.79 Å². The highest BCUT2D eigenvalue weighted by molar-refractivity contribution is 6.00. The van der Waals surface area contributed by atoms with E-state index in [4.69, 9.17) is 11.1 Å². The molecule has 1 amide bonds. The Kier molecular flexibility index (Phi) is 4.54. The van der Waals surface area contributed by atoms with Crippen LogP contribution in [0.5, 0.6) is 0 Å². The maximum atomic E-state index is 11.8. The van der Waals surface area contributed by atoms with Gasteiger partial charge in [0.25, 0.3) is 0 Å². The predicted octanol–water partition coefficient (Wildman–Crippen LogP) is 1.12. The van der Waals surface area contributed by atoms with Crippen LogP contribution in [0.3, 0.4) is 0 Å². The third-order valence-electron chi connectivity index (χ3n) is 3.37. The number of amidine groups is 1. The van der Waals surface area contributed by atoms with Crippen LogP contribution >= 0.6 is 0 Å². The average molecular weight is 238 g/mol. The number of hydrogen-bond donors (Lipinski definition) is 2. The van der Waals surface area contributed by atoms with E-state index in [1.54, 1.807) is 7.05 Å². The highest BCUT2D eigenvalue weighted by Crippen LogP contribution is 2.19. The fraction of sp³-hybridized carbons (Fsp3) is 0.667. The fourth-order valence-electron chi connectivity index (χ4n) is 2.22. The van der Waals surface area contributed by atoms with E-state index in [1.807, 2.05) is 4.90 Å². The molecule has 1 aliphatic heterocycles. The molecule has 0 spiro atoms. The van der Waals surface area contributed by atoms with Gasteiger partial charge in [0.1, 0.15) is 11.5 Å². The Hall–Kier alpha value is -1.52. The maximum Gasteiger partial charge on any atom is 0.228 e. The zero-order valence-electron chi connectivity index (χ0n) is 10.9. The molecule has 0 aromatic carbocycles. The Labute approximate surface area is 103 Å². The number of rotatable bonds is 3. The summed E-state index contributed by atoms with van der Waals surface area (Å²) >= 11 is 0. The summed E-state index contributed by atoms with van der Waals surface area (Å²) in [5.41, 5.74) is 6.04. The molecule has 0 bridgehead atoms. The number of carbonyl (C=O) groups excluding carboxylic acids is 1. The van der Waals surface area contributed by atoms with Gasteiger partial charge < -0.3 is 15.5 Å². The van der Waals surface area contributed by atoms with Gasteiger partial charge in [-0.1, -0.05) is 13.8 Å². The van der Waals surface area contributed by atoms with Crippen LogP contribution < -0.4 is 5.73 Å². The van der Waals surface area contributed by atoms with Gasteiger partial charge in [0, 0.05) is 32.3 Å². The molecule has 0 radical (unpaired) electrons. The van der Waals surface area contributed by atoms with E-state index < -0.39 is 0 Å². The summed E-state index contributed by atoms with van der Waals surface area (Å²) in [6.45, 7) is 4.80. The van der Waals surface area contributed by atoms with Crippen LogP contribution in [0, 0.1) is 5.41 Å². The van der Waals surface area contributed by atoms with Gasteiger partial charge in [0.15, 0.2) is 0 Å². The number of nitrogens with two attached hydrogens (primary N) is 1. The van der Waals surface area contributed by atoms with E-state index in [0.29, 0.717) is 30.5 Å². The van der Waals surface area contributed by atoms with Crippen molar-refractivity contribution in [3.8, 4) is 0 Å². The van der Waals surface area contributed by atoms with Crippen LogP contribution in [0.1, 0.15) is 33.1 Å². The molecule has 0 aromatic rings. The number of likely N-dealkylation sites (N-methyl/N-ethyl adjacent to an activating group) is 1. The van der Waals surface area contributed by atoms with E-state index >= 15 is 0 Å². The smallest absolute Gasteiger partial charge is 0.228 e. The number of amides is 1. The molecule has 1 heterocycles. The molecule has 96 valence electrons. The summed E-state index contributed by atoms with van der Waals surface area (Å²) in [5, 5.41) is 8.18. The van der Waals surface area contributed by atoms with Gasteiger partial charge in [-0.05, 0) is 12.8 Å². The monoisotopic (exact) mass is 238 g/mol. The van der Waals surface area contributed by atoms with E-state index in [9.17, 15) is 4.79 Å². The first-order valence-corrected chi connectivity index (χ1v) is 6.10. The van der Waals surface area contributed by atoms with Crippen molar-refractivity contribution in [1.29, 1.82) is 5.41 Å². The standard InChI is InChI=1S/C12H22N4O/c1-4-9(5-2)16-7-6-11(17)15(3)10(8-13)12(16)14/h8-9,14H,4-7,13H2,1-3H3/b10-8+,14-12?. The SMILES string of the molecule is CCC(CC)N1CCC(=O)N(C)/C(=C/N)C1=N. The first-order valence-electron chi connectivity index (χ1n) is 6.10. The fourth-order valence-corrected chi connectivity index (χ4v) is 2.22. The molecule has 1 aliphatic rings.